The Morgan fingerprint density at radius 3 is 2.69 bits per heavy atom. The van der Waals surface area contributed by atoms with E-state index in [4.69, 9.17) is 4.74 Å². The quantitative estimate of drug-likeness (QED) is 0.388. The largest absolute Gasteiger partial charge is 0.504 e. The Balaban J connectivity index is 2.32. The van der Waals surface area contributed by atoms with Gasteiger partial charge in [0.25, 0.3) is 5.91 Å². The molecule has 0 aliphatic rings. The van der Waals surface area contributed by atoms with Gasteiger partial charge in [-0.2, -0.15) is 5.26 Å². The number of halogens is 1. The fourth-order valence-electron chi connectivity index (χ4n) is 2.40. The molecule has 0 bridgehead atoms. The summed E-state index contributed by atoms with van der Waals surface area (Å²) in [6, 6.07) is 10.9. The topological polar surface area (TPSA) is 82.3 Å². The first kappa shape index (κ1) is 19.8. The van der Waals surface area contributed by atoms with Crippen molar-refractivity contribution in [1.82, 2.24) is 0 Å². The van der Waals surface area contributed by atoms with Crippen LogP contribution in [0.3, 0.4) is 0 Å². The Morgan fingerprint density at radius 2 is 2.08 bits per heavy atom. The highest BCUT2D eigenvalue weighted by atomic mass is 127. The van der Waals surface area contributed by atoms with Crippen molar-refractivity contribution in [2.24, 2.45) is 0 Å². The summed E-state index contributed by atoms with van der Waals surface area (Å²) in [4.78, 5) is 12.5. The van der Waals surface area contributed by atoms with E-state index in [1.165, 1.54) is 6.08 Å². The highest BCUT2D eigenvalue weighted by molar-refractivity contribution is 14.1. The molecule has 134 valence electrons. The number of ether oxygens (including phenoxy) is 1. The second-order valence-corrected chi connectivity index (χ2v) is 6.89. The lowest BCUT2D eigenvalue weighted by molar-refractivity contribution is -0.112. The minimum Gasteiger partial charge on any atom is -0.504 e. The number of hydrogen-bond donors (Lipinski definition) is 2. The molecule has 0 unspecified atom stereocenters. The monoisotopic (exact) mass is 462 g/mol. The standard InChI is InChI=1S/C20H19IN2O3/c1-4-26-18-10-14(9-16(21)19(18)24)8-15(11-22)20(25)23-17-6-5-12(2)7-13(17)3/h5-10,24H,4H2,1-3H3,(H,23,25)/b15-8-. The van der Waals surface area contributed by atoms with Gasteiger partial charge in [-0.05, 0) is 78.8 Å². The molecule has 0 aliphatic carbocycles. The van der Waals surface area contributed by atoms with Crippen molar-refractivity contribution in [2.75, 3.05) is 11.9 Å². The summed E-state index contributed by atoms with van der Waals surface area (Å²) in [5.41, 5.74) is 3.25. The number of phenols is 1. The van der Waals surface area contributed by atoms with E-state index in [-0.39, 0.29) is 11.3 Å². The van der Waals surface area contributed by atoms with Crippen LogP contribution in [0.15, 0.2) is 35.9 Å². The molecule has 0 atom stereocenters. The van der Waals surface area contributed by atoms with E-state index in [1.54, 1.807) is 12.1 Å². The van der Waals surface area contributed by atoms with E-state index in [2.05, 4.69) is 5.32 Å². The molecule has 2 aromatic carbocycles. The van der Waals surface area contributed by atoms with Crippen molar-refractivity contribution in [3.8, 4) is 17.6 Å². The third kappa shape index (κ3) is 4.76. The minimum absolute atomic E-state index is 0.0334. The molecule has 0 radical (unpaired) electrons. The number of hydrogen-bond acceptors (Lipinski definition) is 4. The number of carbonyl (C=O) groups excluding carboxylic acids is 1. The van der Waals surface area contributed by atoms with Gasteiger partial charge in [0, 0.05) is 5.69 Å². The van der Waals surface area contributed by atoms with Crippen LogP contribution in [0.5, 0.6) is 11.5 Å². The van der Waals surface area contributed by atoms with Gasteiger partial charge in [0.1, 0.15) is 11.6 Å². The molecule has 2 rings (SSSR count). The van der Waals surface area contributed by atoms with Crippen molar-refractivity contribution in [1.29, 1.82) is 5.26 Å². The van der Waals surface area contributed by atoms with Gasteiger partial charge in [-0.15, -0.1) is 0 Å². The molecule has 2 aromatic rings. The van der Waals surface area contributed by atoms with Crippen LogP contribution < -0.4 is 10.1 Å². The number of nitriles is 1. The van der Waals surface area contributed by atoms with Crippen LogP contribution >= 0.6 is 22.6 Å². The summed E-state index contributed by atoms with van der Waals surface area (Å²) in [7, 11) is 0. The number of phenolic OH excluding ortho intramolecular Hbond substituents is 1. The predicted molar refractivity (Wildman–Crippen MR) is 110 cm³/mol. The molecule has 2 N–H and O–H groups in total. The number of nitrogens with zero attached hydrogens (tertiary/aromatic N) is 1. The zero-order valence-corrected chi connectivity index (χ0v) is 16.9. The molecular formula is C20H19IN2O3. The Hall–Kier alpha value is -2.53. The van der Waals surface area contributed by atoms with Crippen LogP contribution in [0.25, 0.3) is 6.08 Å². The summed E-state index contributed by atoms with van der Waals surface area (Å²) in [6.45, 7) is 6.08. The predicted octanol–water partition coefficient (Wildman–Crippen LogP) is 4.56. The molecule has 5 nitrogen and oxygen atoms in total. The van der Waals surface area contributed by atoms with Crippen molar-refractivity contribution >= 4 is 40.3 Å². The van der Waals surface area contributed by atoms with E-state index in [9.17, 15) is 15.2 Å². The molecule has 0 saturated heterocycles. The molecule has 0 spiro atoms. The van der Waals surface area contributed by atoms with Crippen molar-refractivity contribution < 1.29 is 14.6 Å². The Kier molecular flexibility index (Phi) is 6.64. The number of rotatable bonds is 5. The number of anilines is 1. The van der Waals surface area contributed by atoms with Crippen LogP contribution in [0, 0.1) is 28.7 Å². The normalized spacial score (nSPS) is 11.0. The molecule has 26 heavy (non-hydrogen) atoms. The van der Waals surface area contributed by atoms with Crippen LogP contribution in [-0.4, -0.2) is 17.6 Å². The number of nitrogens with one attached hydrogen (secondary N) is 1. The van der Waals surface area contributed by atoms with Gasteiger partial charge in [0.2, 0.25) is 0 Å². The Labute approximate surface area is 166 Å². The van der Waals surface area contributed by atoms with E-state index in [1.807, 2.05) is 67.6 Å². The van der Waals surface area contributed by atoms with Gasteiger partial charge in [-0.1, -0.05) is 17.7 Å². The number of aromatic hydroxyl groups is 1. The van der Waals surface area contributed by atoms with E-state index in [0.717, 1.165) is 11.1 Å². The SMILES string of the molecule is CCOc1cc(/C=C(/C#N)C(=O)Nc2ccc(C)cc2C)cc(I)c1O. The molecule has 0 saturated carbocycles. The van der Waals surface area contributed by atoms with Crippen LogP contribution in [0.4, 0.5) is 5.69 Å². The van der Waals surface area contributed by atoms with Gasteiger partial charge < -0.3 is 15.2 Å². The fourth-order valence-corrected chi connectivity index (χ4v) is 3.03. The zero-order chi connectivity index (χ0) is 19.3. The second kappa shape index (κ2) is 8.72. The number of amides is 1. The first-order valence-electron chi connectivity index (χ1n) is 8.01. The third-order valence-corrected chi connectivity index (χ3v) is 4.48. The average Bonchev–Trinajstić information content (AvgIpc) is 2.59. The van der Waals surface area contributed by atoms with Gasteiger partial charge in [0.15, 0.2) is 11.5 Å². The smallest absolute Gasteiger partial charge is 0.266 e. The molecular weight excluding hydrogens is 443 g/mol. The maximum Gasteiger partial charge on any atom is 0.266 e. The first-order chi connectivity index (χ1) is 12.3. The maximum atomic E-state index is 12.5. The summed E-state index contributed by atoms with van der Waals surface area (Å²) >= 11 is 1.97. The van der Waals surface area contributed by atoms with Crippen LogP contribution in [0.1, 0.15) is 23.6 Å². The summed E-state index contributed by atoms with van der Waals surface area (Å²) in [6.07, 6.45) is 1.48. The van der Waals surface area contributed by atoms with Crippen molar-refractivity contribution in [3.63, 3.8) is 0 Å². The van der Waals surface area contributed by atoms with Crippen LogP contribution in [-0.2, 0) is 4.79 Å². The average molecular weight is 462 g/mol. The van der Waals surface area contributed by atoms with Crippen molar-refractivity contribution in [3.05, 3.63) is 56.2 Å². The summed E-state index contributed by atoms with van der Waals surface area (Å²) in [5.74, 6) is -0.124. The van der Waals surface area contributed by atoms with Crippen LogP contribution in [0.2, 0.25) is 0 Å². The van der Waals surface area contributed by atoms with Gasteiger partial charge in [0.05, 0.1) is 10.2 Å². The highest BCUT2D eigenvalue weighted by Gasteiger charge is 2.13. The van der Waals surface area contributed by atoms with Crippen molar-refractivity contribution in [2.45, 2.75) is 20.8 Å². The van der Waals surface area contributed by atoms with Gasteiger partial charge in [-0.3, -0.25) is 4.79 Å². The zero-order valence-electron chi connectivity index (χ0n) is 14.8. The Morgan fingerprint density at radius 1 is 1.35 bits per heavy atom. The lowest BCUT2D eigenvalue weighted by atomic mass is 10.1. The van der Waals surface area contributed by atoms with E-state index in [0.29, 0.717) is 27.2 Å². The minimum atomic E-state index is -0.486. The third-order valence-electron chi connectivity index (χ3n) is 3.66. The van der Waals surface area contributed by atoms with E-state index < -0.39 is 5.91 Å². The molecule has 6 heteroatoms. The number of benzene rings is 2. The van der Waals surface area contributed by atoms with Gasteiger partial charge in [-0.25, -0.2) is 0 Å². The molecule has 1 amide bonds. The summed E-state index contributed by atoms with van der Waals surface area (Å²) < 4.78 is 5.96. The lowest BCUT2D eigenvalue weighted by Gasteiger charge is -2.10. The molecule has 0 fully saturated rings. The fraction of sp³-hybridized carbons (Fsp3) is 0.200. The van der Waals surface area contributed by atoms with E-state index >= 15 is 0 Å². The highest BCUT2D eigenvalue weighted by Crippen LogP contribution is 2.33. The number of carbonyl (C=O) groups is 1. The molecule has 0 aliphatic heterocycles. The molecule has 0 heterocycles. The van der Waals surface area contributed by atoms with Gasteiger partial charge >= 0.3 is 0 Å². The first-order valence-corrected chi connectivity index (χ1v) is 9.09. The molecule has 0 aromatic heterocycles. The number of aryl methyl sites for hydroxylation is 2. The maximum absolute atomic E-state index is 12.5. The Bertz CT molecular complexity index is 914. The lowest BCUT2D eigenvalue weighted by Crippen LogP contribution is -2.14. The summed E-state index contributed by atoms with van der Waals surface area (Å²) in [5, 5.41) is 22.2. The second-order valence-electron chi connectivity index (χ2n) is 5.72.